The Bertz CT molecular complexity index is 1330. The van der Waals surface area contributed by atoms with Gasteiger partial charge in [-0.25, -0.2) is 9.37 Å². The Hall–Kier alpha value is -4.12. The predicted molar refractivity (Wildman–Crippen MR) is 119 cm³/mol. The van der Waals surface area contributed by atoms with Gasteiger partial charge in [-0.1, -0.05) is 6.07 Å². The van der Waals surface area contributed by atoms with Gasteiger partial charge in [0.15, 0.2) is 6.10 Å². The van der Waals surface area contributed by atoms with E-state index < -0.39 is 23.7 Å². The van der Waals surface area contributed by atoms with Crippen molar-refractivity contribution in [1.29, 1.82) is 0 Å². The molecule has 0 spiro atoms. The summed E-state index contributed by atoms with van der Waals surface area (Å²) in [5.74, 6) is -1.04. The third-order valence-electron chi connectivity index (χ3n) is 4.63. The average molecular weight is 467 g/mol. The maximum absolute atomic E-state index is 14.4. The molecule has 1 atom stereocenters. The van der Waals surface area contributed by atoms with E-state index in [1.807, 2.05) is 0 Å². The molecule has 168 valence electrons. The van der Waals surface area contributed by atoms with Gasteiger partial charge in [-0.3, -0.25) is 9.59 Å². The lowest BCUT2D eigenvalue weighted by Crippen LogP contribution is -2.30. The van der Waals surface area contributed by atoms with Crippen LogP contribution in [0.3, 0.4) is 0 Å². The second kappa shape index (κ2) is 9.57. The Kier molecular flexibility index (Phi) is 6.41. The first kappa shape index (κ1) is 22.1. The number of nitrogens with one attached hydrogen (secondary N) is 1. The molecule has 2 amide bonds. The number of amides is 2. The first-order valence-electron chi connectivity index (χ1n) is 9.78. The standard InChI is InChI=1S/C22H18FN5O4S/c1-12(20(24)29)31-14-5-4-13(17(23)9-14)11-26-21(30)16-3-2-8-25-22(16)32-15-6-7-18-19(10-15)28-33-27-18/h2-10,12H,11H2,1H3,(H2,24,29)(H,26,30)/t12-/m1/s1. The Morgan fingerprint density at radius 1 is 1.12 bits per heavy atom. The van der Waals surface area contributed by atoms with Crippen LogP contribution in [0, 0.1) is 5.82 Å². The smallest absolute Gasteiger partial charge is 0.258 e. The first-order chi connectivity index (χ1) is 15.9. The maximum Gasteiger partial charge on any atom is 0.258 e. The van der Waals surface area contributed by atoms with E-state index in [1.165, 1.54) is 25.3 Å². The van der Waals surface area contributed by atoms with Crippen molar-refractivity contribution in [2.75, 3.05) is 0 Å². The highest BCUT2D eigenvalue weighted by atomic mass is 32.1. The topological polar surface area (TPSA) is 129 Å². The lowest BCUT2D eigenvalue weighted by Gasteiger charge is -2.13. The highest BCUT2D eigenvalue weighted by Crippen LogP contribution is 2.26. The molecule has 0 unspecified atom stereocenters. The molecule has 2 heterocycles. The molecule has 4 aromatic rings. The molecule has 11 heteroatoms. The van der Waals surface area contributed by atoms with Crippen LogP contribution in [-0.4, -0.2) is 31.6 Å². The van der Waals surface area contributed by atoms with Gasteiger partial charge < -0.3 is 20.5 Å². The van der Waals surface area contributed by atoms with E-state index >= 15 is 0 Å². The summed E-state index contributed by atoms with van der Waals surface area (Å²) in [5.41, 5.74) is 6.98. The summed E-state index contributed by atoms with van der Waals surface area (Å²) in [4.78, 5) is 28.0. The van der Waals surface area contributed by atoms with Crippen molar-refractivity contribution in [3.05, 3.63) is 71.7 Å². The van der Waals surface area contributed by atoms with E-state index in [4.69, 9.17) is 15.2 Å². The van der Waals surface area contributed by atoms with Gasteiger partial charge in [0.25, 0.3) is 11.8 Å². The van der Waals surface area contributed by atoms with Crippen LogP contribution >= 0.6 is 11.7 Å². The Morgan fingerprint density at radius 2 is 1.91 bits per heavy atom. The number of aromatic nitrogens is 3. The van der Waals surface area contributed by atoms with E-state index in [0.717, 1.165) is 23.3 Å². The number of benzene rings is 2. The lowest BCUT2D eigenvalue weighted by atomic mass is 10.2. The number of nitrogens with zero attached hydrogens (tertiary/aromatic N) is 3. The van der Waals surface area contributed by atoms with Crippen molar-refractivity contribution < 1.29 is 23.5 Å². The van der Waals surface area contributed by atoms with Gasteiger partial charge >= 0.3 is 0 Å². The fourth-order valence-electron chi connectivity index (χ4n) is 2.86. The van der Waals surface area contributed by atoms with Crippen LogP contribution < -0.4 is 20.5 Å². The number of pyridine rings is 1. The van der Waals surface area contributed by atoms with E-state index in [-0.39, 0.29) is 29.3 Å². The van der Waals surface area contributed by atoms with E-state index in [9.17, 15) is 14.0 Å². The summed E-state index contributed by atoms with van der Waals surface area (Å²) in [6.45, 7) is 1.38. The molecular weight excluding hydrogens is 449 g/mol. The number of hydrogen-bond acceptors (Lipinski definition) is 8. The van der Waals surface area contributed by atoms with Crippen molar-refractivity contribution in [3.8, 4) is 17.4 Å². The van der Waals surface area contributed by atoms with Gasteiger partial charge in [0.1, 0.15) is 33.9 Å². The summed E-state index contributed by atoms with van der Waals surface area (Å²) in [5, 5.41) is 2.65. The maximum atomic E-state index is 14.4. The Labute approximate surface area is 191 Å². The van der Waals surface area contributed by atoms with Crippen LogP contribution in [0.25, 0.3) is 11.0 Å². The van der Waals surface area contributed by atoms with Crippen LogP contribution in [0.1, 0.15) is 22.8 Å². The summed E-state index contributed by atoms with van der Waals surface area (Å²) < 4.78 is 33.8. The highest BCUT2D eigenvalue weighted by molar-refractivity contribution is 7.00. The van der Waals surface area contributed by atoms with Gasteiger partial charge in [-0.05, 0) is 37.3 Å². The molecule has 0 fully saturated rings. The van der Waals surface area contributed by atoms with E-state index in [2.05, 4.69) is 19.0 Å². The average Bonchev–Trinajstić information content (AvgIpc) is 3.26. The Morgan fingerprint density at radius 3 is 2.70 bits per heavy atom. The SMILES string of the molecule is C[C@@H](Oc1ccc(CNC(=O)c2cccnc2Oc2ccc3nsnc3c2)c(F)c1)C(N)=O. The fraction of sp³-hybridized carbons (Fsp3) is 0.136. The van der Waals surface area contributed by atoms with Gasteiger partial charge in [0.05, 0.1) is 11.7 Å². The third-order valence-corrected chi connectivity index (χ3v) is 5.19. The minimum absolute atomic E-state index is 0.0822. The molecule has 0 aliphatic carbocycles. The van der Waals surface area contributed by atoms with Crippen LogP contribution in [0.2, 0.25) is 0 Å². The molecule has 2 aromatic carbocycles. The zero-order chi connectivity index (χ0) is 23.4. The van der Waals surface area contributed by atoms with Crippen molar-refractivity contribution in [2.24, 2.45) is 5.73 Å². The molecule has 2 aromatic heterocycles. The van der Waals surface area contributed by atoms with Crippen LogP contribution in [0.15, 0.2) is 54.7 Å². The molecule has 0 radical (unpaired) electrons. The molecule has 4 rings (SSSR count). The second-order valence-electron chi connectivity index (χ2n) is 6.97. The largest absolute Gasteiger partial charge is 0.481 e. The van der Waals surface area contributed by atoms with Crippen molar-refractivity contribution in [1.82, 2.24) is 19.0 Å². The number of ether oxygens (including phenoxy) is 2. The van der Waals surface area contributed by atoms with Crippen molar-refractivity contribution >= 4 is 34.6 Å². The molecule has 0 aliphatic heterocycles. The zero-order valence-electron chi connectivity index (χ0n) is 17.3. The molecule has 0 bridgehead atoms. The summed E-state index contributed by atoms with van der Waals surface area (Å²) in [6, 6.07) is 12.4. The number of fused-ring (bicyclic) bond motifs is 1. The summed E-state index contributed by atoms with van der Waals surface area (Å²) in [7, 11) is 0. The molecule has 0 aliphatic rings. The molecule has 3 N–H and O–H groups in total. The number of carbonyl (C=O) groups is 2. The van der Waals surface area contributed by atoms with Crippen LogP contribution in [0.5, 0.6) is 17.4 Å². The van der Waals surface area contributed by atoms with Gasteiger partial charge in [-0.15, -0.1) is 0 Å². The minimum atomic E-state index is -0.897. The monoisotopic (exact) mass is 467 g/mol. The zero-order valence-corrected chi connectivity index (χ0v) is 18.1. The van der Waals surface area contributed by atoms with Gasteiger partial charge in [0, 0.05) is 30.4 Å². The molecule has 33 heavy (non-hydrogen) atoms. The number of halogens is 1. The number of primary amides is 1. The highest BCUT2D eigenvalue weighted by Gasteiger charge is 2.16. The fourth-order valence-corrected chi connectivity index (χ4v) is 3.38. The molecule has 9 nitrogen and oxygen atoms in total. The lowest BCUT2D eigenvalue weighted by molar-refractivity contribution is -0.123. The Balaban J connectivity index is 1.44. The molecular formula is C22H18FN5O4S. The number of hydrogen-bond donors (Lipinski definition) is 2. The number of rotatable bonds is 8. The number of carbonyl (C=O) groups excluding carboxylic acids is 2. The molecule has 0 saturated heterocycles. The molecule has 0 saturated carbocycles. The van der Waals surface area contributed by atoms with E-state index in [1.54, 1.807) is 30.3 Å². The minimum Gasteiger partial charge on any atom is -0.481 e. The second-order valence-corrected chi connectivity index (χ2v) is 7.50. The van der Waals surface area contributed by atoms with Crippen molar-refractivity contribution in [2.45, 2.75) is 19.6 Å². The first-order valence-corrected chi connectivity index (χ1v) is 10.5. The van der Waals surface area contributed by atoms with Crippen molar-refractivity contribution in [3.63, 3.8) is 0 Å². The number of nitrogens with two attached hydrogens (primary N) is 1. The van der Waals surface area contributed by atoms with Crippen LogP contribution in [0.4, 0.5) is 4.39 Å². The summed E-state index contributed by atoms with van der Waals surface area (Å²) >= 11 is 1.09. The van der Waals surface area contributed by atoms with Gasteiger partial charge in [-0.2, -0.15) is 8.75 Å². The van der Waals surface area contributed by atoms with Gasteiger partial charge in [0.2, 0.25) is 5.88 Å². The summed E-state index contributed by atoms with van der Waals surface area (Å²) in [6.07, 6.45) is 0.604. The third kappa shape index (κ3) is 5.21. The van der Waals surface area contributed by atoms with E-state index in [0.29, 0.717) is 11.3 Å². The predicted octanol–water partition coefficient (Wildman–Crippen LogP) is 3.20. The quantitative estimate of drug-likeness (QED) is 0.407. The normalized spacial score (nSPS) is 11.7. The van der Waals surface area contributed by atoms with Crippen LogP contribution in [-0.2, 0) is 11.3 Å².